The van der Waals surface area contributed by atoms with E-state index in [-0.39, 0.29) is 16.7 Å². The van der Waals surface area contributed by atoms with E-state index < -0.39 is 10.0 Å². The van der Waals surface area contributed by atoms with Crippen molar-refractivity contribution in [3.8, 4) is 0 Å². The molecule has 4 rings (SSSR count). The lowest BCUT2D eigenvalue weighted by Crippen LogP contribution is -2.43. The summed E-state index contributed by atoms with van der Waals surface area (Å²) < 4.78 is 38.5. The van der Waals surface area contributed by atoms with Crippen LogP contribution in [0.1, 0.15) is 42.5 Å². The van der Waals surface area contributed by atoms with E-state index in [1.54, 1.807) is 25.8 Å². The number of sulfonamides is 1. The van der Waals surface area contributed by atoms with Crippen molar-refractivity contribution in [2.45, 2.75) is 51.5 Å². The number of rotatable bonds is 6. The molecule has 3 aromatic rings. The van der Waals surface area contributed by atoms with Crippen molar-refractivity contribution in [2.75, 3.05) is 20.1 Å². The number of fused-ring (bicyclic) bond motifs is 1. The van der Waals surface area contributed by atoms with E-state index in [1.807, 2.05) is 31.2 Å². The molecule has 32 heavy (non-hydrogen) atoms. The molecule has 0 radical (unpaired) electrons. The first-order valence-electron chi connectivity index (χ1n) is 10.9. The summed E-state index contributed by atoms with van der Waals surface area (Å²) in [5.41, 5.74) is 2.23. The maximum absolute atomic E-state index is 13.2. The van der Waals surface area contributed by atoms with E-state index in [0.29, 0.717) is 43.9 Å². The minimum absolute atomic E-state index is 0.0340. The molecule has 0 bridgehead atoms. The second kappa shape index (κ2) is 8.71. The Kier molecular flexibility index (Phi) is 6.13. The zero-order valence-electron chi connectivity index (χ0n) is 18.9. The lowest BCUT2D eigenvalue weighted by molar-refractivity contribution is -0.135. The van der Waals surface area contributed by atoms with E-state index in [1.165, 1.54) is 4.31 Å². The largest absolute Gasteiger partial charge is 0.461 e. The molecule has 1 fully saturated rings. The first kappa shape index (κ1) is 22.5. The average molecular weight is 460 g/mol. The fraction of sp³-hybridized carbons (Fsp3) is 0.478. The van der Waals surface area contributed by atoms with Crippen LogP contribution in [0.25, 0.3) is 11.0 Å². The van der Waals surface area contributed by atoms with Crippen LogP contribution in [0.4, 0.5) is 0 Å². The SMILES string of the molecule is CCc1oc2ccccc2c1CN(C)C(=O)C1CCN(S(=O)(=O)c2c(C)noc2C)CC1. The highest BCUT2D eigenvalue weighted by Gasteiger charge is 2.36. The van der Waals surface area contributed by atoms with Gasteiger partial charge in [-0.1, -0.05) is 30.3 Å². The molecule has 0 saturated carbocycles. The van der Waals surface area contributed by atoms with Crippen LogP contribution >= 0.6 is 0 Å². The number of para-hydroxylation sites is 1. The van der Waals surface area contributed by atoms with E-state index in [2.05, 4.69) is 5.16 Å². The van der Waals surface area contributed by atoms with Gasteiger partial charge in [0.25, 0.3) is 0 Å². The molecule has 3 heterocycles. The number of hydrogen-bond acceptors (Lipinski definition) is 6. The molecule has 0 unspecified atom stereocenters. The van der Waals surface area contributed by atoms with Gasteiger partial charge in [0, 0.05) is 50.0 Å². The zero-order valence-corrected chi connectivity index (χ0v) is 19.7. The van der Waals surface area contributed by atoms with Gasteiger partial charge in [0.2, 0.25) is 15.9 Å². The van der Waals surface area contributed by atoms with Crippen molar-refractivity contribution in [3.05, 3.63) is 47.0 Å². The highest BCUT2D eigenvalue weighted by Crippen LogP contribution is 2.30. The summed E-state index contributed by atoms with van der Waals surface area (Å²) in [6, 6.07) is 7.87. The van der Waals surface area contributed by atoms with Gasteiger partial charge in [0.05, 0.1) is 0 Å². The molecule has 0 N–H and O–H groups in total. The number of carbonyl (C=O) groups excluding carboxylic acids is 1. The number of furan rings is 1. The predicted octanol–water partition coefficient (Wildman–Crippen LogP) is 3.66. The predicted molar refractivity (Wildman–Crippen MR) is 120 cm³/mol. The number of piperidine rings is 1. The number of amides is 1. The van der Waals surface area contributed by atoms with E-state index in [4.69, 9.17) is 8.94 Å². The van der Waals surface area contributed by atoms with Gasteiger partial charge in [-0.25, -0.2) is 8.42 Å². The van der Waals surface area contributed by atoms with Crippen LogP contribution < -0.4 is 0 Å². The van der Waals surface area contributed by atoms with Crippen molar-refractivity contribution >= 4 is 26.9 Å². The van der Waals surface area contributed by atoms with Gasteiger partial charge in [-0.3, -0.25) is 4.79 Å². The molecule has 0 spiro atoms. The van der Waals surface area contributed by atoms with Crippen molar-refractivity contribution in [2.24, 2.45) is 5.92 Å². The Bertz CT molecular complexity index is 1220. The summed E-state index contributed by atoms with van der Waals surface area (Å²) in [4.78, 5) is 15.0. The number of hydrogen-bond donors (Lipinski definition) is 0. The van der Waals surface area contributed by atoms with E-state index in [0.717, 1.165) is 28.7 Å². The third-order valence-corrected chi connectivity index (χ3v) is 8.39. The summed E-state index contributed by atoms with van der Waals surface area (Å²) in [6.45, 7) is 6.33. The highest BCUT2D eigenvalue weighted by molar-refractivity contribution is 7.89. The topological polar surface area (TPSA) is 96.9 Å². The number of carbonyl (C=O) groups is 1. The normalized spacial score (nSPS) is 16.0. The molecular weight excluding hydrogens is 430 g/mol. The number of aryl methyl sites for hydroxylation is 3. The Hall–Kier alpha value is -2.65. The first-order chi connectivity index (χ1) is 15.2. The number of nitrogens with zero attached hydrogens (tertiary/aromatic N) is 3. The maximum atomic E-state index is 13.2. The monoisotopic (exact) mass is 459 g/mol. The quantitative estimate of drug-likeness (QED) is 0.558. The summed E-state index contributed by atoms with van der Waals surface area (Å²) in [6.07, 6.45) is 1.72. The molecule has 1 aliphatic rings. The molecule has 1 amide bonds. The lowest BCUT2D eigenvalue weighted by atomic mass is 9.96. The van der Waals surface area contributed by atoms with Gasteiger partial charge in [-0.2, -0.15) is 4.31 Å². The van der Waals surface area contributed by atoms with Crippen LogP contribution in [-0.4, -0.2) is 48.8 Å². The van der Waals surface area contributed by atoms with Gasteiger partial charge in [-0.15, -0.1) is 0 Å². The Morgan fingerprint density at radius 1 is 1.22 bits per heavy atom. The third-order valence-electron chi connectivity index (χ3n) is 6.24. The molecule has 2 aromatic heterocycles. The second-order valence-electron chi connectivity index (χ2n) is 8.38. The van der Waals surface area contributed by atoms with E-state index >= 15 is 0 Å². The van der Waals surface area contributed by atoms with Gasteiger partial charge < -0.3 is 13.8 Å². The summed E-state index contributed by atoms with van der Waals surface area (Å²) in [5, 5.41) is 4.80. The zero-order chi connectivity index (χ0) is 23.0. The fourth-order valence-electron chi connectivity index (χ4n) is 4.55. The van der Waals surface area contributed by atoms with Crippen molar-refractivity contribution in [3.63, 3.8) is 0 Å². The third kappa shape index (κ3) is 3.95. The molecule has 1 aliphatic heterocycles. The van der Waals surface area contributed by atoms with Crippen LogP contribution in [0, 0.1) is 19.8 Å². The van der Waals surface area contributed by atoms with Crippen LogP contribution in [-0.2, 0) is 27.8 Å². The van der Waals surface area contributed by atoms with Gasteiger partial charge in [0.1, 0.15) is 21.9 Å². The van der Waals surface area contributed by atoms with Crippen LogP contribution in [0.15, 0.2) is 38.1 Å². The molecule has 0 atom stereocenters. The summed E-state index contributed by atoms with van der Waals surface area (Å²) in [5.74, 6) is 1.01. The van der Waals surface area contributed by atoms with Gasteiger partial charge >= 0.3 is 0 Å². The van der Waals surface area contributed by atoms with Gasteiger partial charge in [-0.05, 0) is 32.8 Å². The first-order valence-corrected chi connectivity index (χ1v) is 12.3. The lowest BCUT2D eigenvalue weighted by Gasteiger charge is -2.32. The Balaban J connectivity index is 1.44. The molecule has 1 saturated heterocycles. The van der Waals surface area contributed by atoms with Crippen LogP contribution in [0.2, 0.25) is 0 Å². The van der Waals surface area contributed by atoms with Crippen molar-refractivity contribution < 1.29 is 22.2 Å². The minimum Gasteiger partial charge on any atom is -0.461 e. The molecule has 1 aromatic carbocycles. The molecule has 0 aliphatic carbocycles. The molecule has 8 nitrogen and oxygen atoms in total. The maximum Gasteiger partial charge on any atom is 0.248 e. The Labute approximate surface area is 188 Å². The van der Waals surface area contributed by atoms with Crippen LogP contribution in [0.3, 0.4) is 0 Å². The standard InChI is InChI=1S/C23H29N3O5S/c1-5-20-19(18-8-6-7-9-21(18)30-20)14-25(4)23(27)17-10-12-26(13-11-17)32(28,29)22-15(2)24-31-16(22)3/h6-9,17H,5,10-14H2,1-4H3. The number of benzene rings is 1. The van der Waals surface area contributed by atoms with Crippen molar-refractivity contribution in [1.82, 2.24) is 14.4 Å². The second-order valence-corrected chi connectivity index (χ2v) is 10.3. The molecule has 9 heteroatoms. The molecule has 172 valence electrons. The molecular formula is C23H29N3O5S. The number of aromatic nitrogens is 1. The Morgan fingerprint density at radius 2 is 1.91 bits per heavy atom. The Morgan fingerprint density at radius 3 is 2.53 bits per heavy atom. The highest BCUT2D eigenvalue weighted by atomic mass is 32.2. The van der Waals surface area contributed by atoms with E-state index in [9.17, 15) is 13.2 Å². The summed E-state index contributed by atoms with van der Waals surface area (Å²) in [7, 11) is -1.88. The summed E-state index contributed by atoms with van der Waals surface area (Å²) >= 11 is 0. The van der Waals surface area contributed by atoms with Crippen LogP contribution in [0.5, 0.6) is 0 Å². The average Bonchev–Trinajstić information content (AvgIpc) is 3.32. The van der Waals surface area contributed by atoms with Crippen molar-refractivity contribution in [1.29, 1.82) is 0 Å². The minimum atomic E-state index is -3.68. The smallest absolute Gasteiger partial charge is 0.248 e. The van der Waals surface area contributed by atoms with Gasteiger partial charge in [0.15, 0.2) is 5.76 Å². The fourth-order valence-corrected chi connectivity index (χ4v) is 6.31.